The molecule has 1 aromatic carbocycles. The molecule has 1 aromatic rings. The smallest absolute Gasteiger partial charge is 0.161 e. The zero-order valence-corrected chi connectivity index (χ0v) is 10.9. The third-order valence-electron chi connectivity index (χ3n) is 2.38. The molecule has 0 radical (unpaired) electrons. The average Bonchev–Trinajstić information content (AvgIpc) is 2.34. The van der Waals surface area contributed by atoms with Crippen molar-refractivity contribution in [2.24, 2.45) is 0 Å². The van der Waals surface area contributed by atoms with E-state index in [-0.39, 0.29) is 0 Å². The van der Waals surface area contributed by atoms with Crippen LogP contribution in [0.3, 0.4) is 0 Å². The fraction of sp³-hybridized carbons (Fsp3) is 0.429. The monoisotopic (exact) mass is 235 g/mol. The largest absolute Gasteiger partial charge is 0.493 e. The van der Waals surface area contributed by atoms with Gasteiger partial charge in [0.05, 0.1) is 7.11 Å². The maximum atomic E-state index is 5.68. The van der Waals surface area contributed by atoms with Gasteiger partial charge < -0.3 is 14.8 Å². The summed E-state index contributed by atoms with van der Waals surface area (Å²) in [5.74, 6) is 1.52. The first-order valence-corrected chi connectivity index (χ1v) is 5.82. The number of likely N-dealkylation sites (N-methyl/N-ethyl adjacent to an activating group) is 1. The molecule has 94 valence electrons. The fourth-order valence-electron chi connectivity index (χ4n) is 1.43. The highest BCUT2D eigenvalue weighted by Crippen LogP contribution is 2.27. The molecule has 0 saturated carbocycles. The van der Waals surface area contributed by atoms with Crippen LogP contribution in [0.25, 0.3) is 0 Å². The Balaban J connectivity index is 2.54. The van der Waals surface area contributed by atoms with Crippen molar-refractivity contribution in [2.75, 3.05) is 26.8 Å². The molecule has 0 aliphatic carbocycles. The van der Waals surface area contributed by atoms with E-state index in [0.717, 1.165) is 35.7 Å². The molecule has 0 spiro atoms. The van der Waals surface area contributed by atoms with Crippen LogP contribution in [0.5, 0.6) is 11.5 Å². The summed E-state index contributed by atoms with van der Waals surface area (Å²) in [6.07, 6.45) is 0. The summed E-state index contributed by atoms with van der Waals surface area (Å²) in [4.78, 5) is 0. The Hall–Kier alpha value is -1.48. The second-order valence-electron chi connectivity index (χ2n) is 3.97. The van der Waals surface area contributed by atoms with Crippen molar-refractivity contribution in [1.82, 2.24) is 5.32 Å². The van der Waals surface area contributed by atoms with Crippen molar-refractivity contribution in [1.29, 1.82) is 0 Å². The van der Waals surface area contributed by atoms with Gasteiger partial charge in [-0.05, 0) is 36.7 Å². The van der Waals surface area contributed by atoms with Crippen molar-refractivity contribution >= 4 is 0 Å². The van der Waals surface area contributed by atoms with E-state index in [9.17, 15) is 0 Å². The Morgan fingerprint density at radius 3 is 2.76 bits per heavy atom. The summed E-state index contributed by atoms with van der Waals surface area (Å²) in [5.41, 5.74) is 2.18. The van der Waals surface area contributed by atoms with Crippen LogP contribution in [0.15, 0.2) is 30.4 Å². The van der Waals surface area contributed by atoms with Crippen LogP contribution in [0.4, 0.5) is 0 Å². The number of benzene rings is 1. The summed E-state index contributed by atoms with van der Waals surface area (Å²) in [6, 6.07) is 5.89. The van der Waals surface area contributed by atoms with Gasteiger partial charge in [-0.25, -0.2) is 0 Å². The molecule has 0 unspecified atom stereocenters. The molecule has 0 fully saturated rings. The van der Waals surface area contributed by atoms with E-state index >= 15 is 0 Å². The molecule has 1 rings (SSSR count). The zero-order valence-electron chi connectivity index (χ0n) is 10.9. The maximum Gasteiger partial charge on any atom is 0.161 e. The maximum absolute atomic E-state index is 5.68. The number of rotatable bonds is 7. The molecular weight excluding hydrogens is 214 g/mol. The first kappa shape index (κ1) is 13.6. The summed E-state index contributed by atoms with van der Waals surface area (Å²) in [5, 5.41) is 3.21. The predicted molar refractivity (Wildman–Crippen MR) is 70.9 cm³/mol. The fourth-order valence-corrected chi connectivity index (χ4v) is 1.43. The molecule has 3 nitrogen and oxygen atoms in total. The minimum atomic E-state index is 0.506. The van der Waals surface area contributed by atoms with Crippen molar-refractivity contribution in [3.63, 3.8) is 0 Å². The molecule has 0 aliphatic heterocycles. The lowest BCUT2D eigenvalue weighted by Gasteiger charge is -2.12. The first-order valence-electron chi connectivity index (χ1n) is 5.82. The van der Waals surface area contributed by atoms with Crippen molar-refractivity contribution in [3.8, 4) is 11.5 Å². The van der Waals surface area contributed by atoms with Crippen LogP contribution in [-0.4, -0.2) is 26.8 Å². The number of aryl methyl sites for hydroxylation is 1. The van der Waals surface area contributed by atoms with E-state index in [0.29, 0.717) is 6.61 Å². The molecule has 1 N–H and O–H groups in total. The molecule has 0 amide bonds. The minimum absolute atomic E-state index is 0.506. The van der Waals surface area contributed by atoms with Gasteiger partial charge in [0.1, 0.15) is 6.61 Å². The Morgan fingerprint density at radius 2 is 2.12 bits per heavy atom. The van der Waals surface area contributed by atoms with Crippen molar-refractivity contribution < 1.29 is 9.47 Å². The lowest BCUT2D eigenvalue weighted by molar-refractivity contribution is 0.317. The minimum Gasteiger partial charge on any atom is -0.493 e. The Labute approximate surface area is 103 Å². The van der Waals surface area contributed by atoms with Gasteiger partial charge in [0, 0.05) is 6.54 Å². The SMILES string of the molecule is C=C(CNCC)COc1ccc(C)cc1OC. The van der Waals surface area contributed by atoms with E-state index in [4.69, 9.17) is 9.47 Å². The van der Waals surface area contributed by atoms with Gasteiger partial charge in [0.2, 0.25) is 0 Å². The highest BCUT2D eigenvalue weighted by Gasteiger charge is 2.04. The summed E-state index contributed by atoms with van der Waals surface area (Å²) >= 11 is 0. The molecule has 0 bridgehead atoms. The lowest BCUT2D eigenvalue weighted by atomic mass is 10.2. The number of ether oxygens (including phenoxy) is 2. The number of nitrogens with one attached hydrogen (secondary N) is 1. The molecular formula is C14H21NO2. The Morgan fingerprint density at radius 1 is 1.35 bits per heavy atom. The zero-order chi connectivity index (χ0) is 12.7. The van der Waals surface area contributed by atoms with Gasteiger partial charge in [-0.15, -0.1) is 0 Å². The van der Waals surface area contributed by atoms with Gasteiger partial charge in [0.25, 0.3) is 0 Å². The second-order valence-corrected chi connectivity index (χ2v) is 3.97. The van der Waals surface area contributed by atoms with Crippen LogP contribution in [-0.2, 0) is 0 Å². The van der Waals surface area contributed by atoms with E-state index in [2.05, 4.69) is 18.8 Å². The number of hydrogen-bond donors (Lipinski definition) is 1. The quantitative estimate of drug-likeness (QED) is 0.737. The molecule has 0 heterocycles. The van der Waals surface area contributed by atoms with Crippen LogP contribution in [0.2, 0.25) is 0 Å². The summed E-state index contributed by atoms with van der Waals surface area (Å²) in [6.45, 7) is 10.3. The lowest BCUT2D eigenvalue weighted by Crippen LogP contribution is -2.18. The third kappa shape index (κ3) is 4.49. The van der Waals surface area contributed by atoms with Crippen molar-refractivity contribution in [3.05, 3.63) is 35.9 Å². The van der Waals surface area contributed by atoms with Gasteiger partial charge in [-0.2, -0.15) is 0 Å². The normalized spacial score (nSPS) is 10.1. The molecule has 0 aliphatic rings. The van der Waals surface area contributed by atoms with E-state index in [1.807, 2.05) is 25.1 Å². The predicted octanol–water partition coefficient (Wildman–Crippen LogP) is 2.55. The summed E-state index contributed by atoms with van der Waals surface area (Å²) in [7, 11) is 1.65. The van der Waals surface area contributed by atoms with Gasteiger partial charge in [-0.1, -0.05) is 19.6 Å². The van der Waals surface area contributed by atoms with Crippen molar-refractivity contribution in [2.45, 2.75) is 13.8 Å². The Bertz CT molecular complexity index is 374. The Kier molecular flexibility index (Phi) is 5.57. The number of methoxy groups -OCH3 is 1. The highest BCUT2D eigenvalue weighted by molar-refractivity contribution is 5.42. The van der Waals surface area contributed by atoms with Crippen LogP contribution >= 0.6 is 0 Å². The molecule has 0 aromatic heterocycles. The van der Waals surface area contributed by atoms with Crippen LogP contribution in [0, 0.1) is 6.92 Å². The van der Waals surface area contributed by atoms with Crippen LogP contribution in [0.1, 0.15) is 12.5 Å². The average molecular weight is 235 g/mol. The number of hydrogen-bond acceptors (Lipinski definition) is 3. The van der Waals surface area contributed by atoms with Gasteiger partial charge in [-0.3, -0.25) is 0 Å². The van der Waals surface area contributed by atoms with Gasteiger partial charge >= 0.3 is 0 Å². The first-order chi connectivity index (χ1) is 8.17. The van der Waals surface area contributed by atoms with Gasteiger partial charge in [0.15, 0.2) is 11.5 Å². The third-order valence-corrected chi connectivity index (χ3v) is 2.38. The van der Waals surface area contributed by atoms with E-state index < -0.39 is 0 Å². The highest BCUT2D eigenvalue weighted by atomic mass is 16.5. The standard InChI is InChI=1S/C14H21NO2/c1-5-15-9-12(3)10-17-13-7-6-11(2)8-14(13)16-4/h6-8,15H,3,5,9-10H2,1-2,4H3. The second kappa shape index (κ2) is 6.97. The molecule has 3 heteroatoms. The molecule has 0 atom stereocenters. The molecule has 17 heavy (non-hydrogen) atoms. The van der Waals surface area contributed by atoms with E-state index in [1.165, 1.54) is 0 Å². The molecule has 0 saturated heterocycles. The van der Waals surface area contributed by atoms with E-state index in [1.54, 1.807) is 7.11 Å². The van der Waals surface area contributed by atoms with Crippen LogP contribution < -0.4 is 14.8 Å². The topological polar surface area (TPSA) is 30.5 Å². The summed E-state index contributed by atoms with van der Waals surface area (Å²) < 4.78 is 10.9.